The maximum atomic E-state index is 12.5. The van der Waals surface area contributed by atoms with Crippen molar-refractivity contribution in [1.82, 2.24) is 15.6 Å². The van der Waals surface area contributed by atoms with Gasteiger partial charge < -0.3 is 31.5 Å². The van der Waals surface area contributed by atoms with Gasteiger partial charge in [0.1, 0.15) is 0 Å². The summed E-state index contributed by atoms with van der Waals surface area (Å²) in [5.41, 5.74) is 5.71. The van der Waals surface area contributed by atoms with Gasteiger partial charge in [0.05, 0.1) is 31.2 Å². The highest BCUT2D eigenvalue weighted by atomic mass is 16.5. The number of ether oxygens (including phenoxy) is 1. The fourth-order valence-corrected chi connectivity index (χ4v) is 2.84. The van der Waals surface area contributed by atoms with E-state index in [1.165, 1.54) is 18.3 Å². The van der Waals surface area contributed by atoms with Gasteiger partial charge in [-0.15, -0.1) is 0 Å². The van der Waals surface area contributed by atoms with E-state index in [0.717, 1.165) is 6.07 Å². The molecule has 174 valence electrons. The quantitative estimate of drug-likeness (QED) is 0.169. The third-order valence-corrected chi connectivity index (χ3v) is 4.23. The number of nitrogens with two attached hydrogens (primary N) is 1. The van der Waals surface area contributed by atoms with E-state index >= 15 is 0 Å². The lowest BCUT2D eigenvalue weighted by Crippen LogP contribution is -2.39. The van der Waals surface area contributed by atoms with Crippen LogP contribution in [0.4, 0.5) is 5.69 Å². The number of guanidine groups is 1. The lowest BCUT2D eigenvalue weighted by Gasteiger charge is -2.18. The highest BCUT2D eigenvalue weighted by molar-refractivity contribution is 6.01. The van der Waals surface area contributed by atoms with E-state index < -0.39 is 42.3 Å². The number of benzene rings is 1. The van der Waals surface area contributed by atoms with Crippen molar-refractivity contribution in [3.8, 4) is 0 Å². The largest absolute Gasteiger partial charge is 0.478 e. The number of nitrogens with one attached hydrogen (secondary N) is 4. The number of aromatic carboxylic acids is 1. The Labute approximate surface area is 189 Å². The SMILES string of the molecule is CCOC(=O)CC(NC(=O)CNC(=O)c1cc(NC(=N)N)cc(C(=O)O)c1)c1cccnc1. The van der Waals surface area contributed by atoms with E-state index in [2.05, 4.69) is 20.9 Å². The fraction of sp³-hybridized carbons (Fsp3) is 0.238. The van der Waals surface area contributed by atoms with Crippen molar-refractivity contribution in [3.63, 3.8) is 0 Å². The summed E-state index contributed by atoms with van der Waals surface area (Å²) in [6, 6.07) is 6.26. The highest BCUT2D eigenvalue weighted by Crippen LogP contribution is 2.17. The molecule has 2 amide bonds. The van der Waals surface area contributed by atoms with Crippen molar-refractivity contribution in [2.45, 2.75) is 19.4 Å². The minimum atomic E-state index is -1.28. The molecule has 0 spiro atoms. The Kier molecular flexibility index (Phi) is 8.85. The number of anilines is 1. The third kappa shape index (κ3) is 7.94. The Bertz CT molecular complexity index is 1040. The average molecular weight is 456 g/mol. The molecule has 7 N–H and O–H groups in total. The monoisotopic (exact) mass is 456 g/mol. The number of hydrogen-bond acceptors (Lipinski definition) is 7. The standard InChI is InChI=1S/C21H24N6O6/c1-2-33-18(29)9-16(12-4-3-5-24-10-12)27-17(28)11-25-19(30)13-6-14(20(31)32)8-15(7-13)26-21(22)23/h3-8,10,16H,2,9,11H2,1H3,(H,25,30)(H,27,28)(H,31,32)(H4,22,23,26). The zero-order valence-electron chi connectivity index (χ0n) is 17.8. The molecule has 1 aromatic heterocycles. The number of carboxylic acids is 1. The Hall–Kier alpha value is -4.48. The molecule has 1 atom stereocenters. The van der Waals surface area contributed by atoms with Crippen molar-refractivity contribution in [2.75, 3.05) is 18.5 Å². The van der Waals surface area contributed by atoms with Crippen molar-refractivity contribution in [2.24, 2.45) is 5.73 Å². The molecule has 12 heteroatoms. The number of amides is 2. The molecule has 0 aliphatic rings. The summed E-state index contributed by atoms with van der Waals surface area (Å²) in [4.78, 5) is 52.2. The van der Waals surface area contributed by atoms with Crippen LogP contribution in [0.2, 0.25) is 0 Å². The molecule has 2 aromatic rings. The van der Waals surface area contributed by atoms with Crippen molar-refractivity contribution in [1.29, 1.82) is 5.41 Å². The molecule has 0 radical (unpaired) electrons. The first-order valence-electron chi connectivity index (χ1n) is 9.82. The summed E-state index contributed by atoms with van der Waals surface area (Å²) < 4.78 is 4.94. The number of hydrogen-bond donors (Lipinski definition) is 6. The number of rotatable bonds is 10. The summed E-state index contributed by atoms with van der Waals surface area (Å²) in [6.07, 6.45) is 2.93. The Balaban J connectivity index is 2.08. The minimum Gasteiger partial charge on any atom is -0.478 e. The zero-order chi connectivity index (χ0) is 24.4. The van der Waals surface area contributed by atoms with Gasteiger partial charge in [0, 0.05) is 23.6 Å². The predicted molar refractivity (Wildman–Crippen MR) is 118 cm³/mol. The van der Waals surface area contributed by atoms with Gasteiger partial charge in [-0.05, 0) is 36.8 Å². The molecule has 0 bridgehead atoms. The van der Waals surface area contributed by atoms with Crippen LogP contribution in [0.15, 0.2) is 42.7 Å². The maximum absolute atomic E-state index is 12.5. The first-order valence-corrected chi connectivity index (χ1v) is 9.82. The van der Waals surface area contributed by atoms with Gasteiger partial charge in [-0.3, -0.25) is 24.8 Å². The van der Waals surface area contributed by atoms with Crippen LogP contribution in [0.1, 0.15) is 45.7 Å². The van der Waals surface area contributed by atoms with Crippen molar-refractivity contribution in [3.05, 3.63) is 59.4 Å². The highest BCUT2D eigenvalue weighted by Gasteiger charge is 2.20. The minimum absolute atomic E-state index is 0.0539. The fourth-order valence-electron chi connectivity index (χ4n) is 2.84. The molecule has 0 aliphatic heterocycles. The van der Waals surface area contributed by atoms with E-state index in [-0.39, 0.29) is 29.8 Å². The van der Waals surface area contributed by atoms with Crippen LogP contribution < -0.4 is 21.7 Å². The van der Waals surface area contributed by atoms with Crippen LogP contribution >= 0.6 is 0 Å². The smallest absolute Gasteiger partial charge is 0.335 e. The summed E-state index contributed by atoms with van der Waals surface area (Å²) in [6.45, 7) is 1.42. The average Bonchev–Trinajstić information content (AvgIpc) is 2.77. The number of carbonyl (C=O) groups excluding carboxylic acids is 3. The number of carbonyl (C=O) groups is 4. The lowest BCUT2D eigenvalue weighted by molar-refractivity contribution is -0.143. The van der Waals surface area contributed by atoms with E-state index in [1.54, 1.807) is 25.3 Å². The van der Waals surface area contributed by atoms with Gasteiger partial charge in [-0.2, -0.15) is 0 Å². The van der Waals surface area contributed by atoms with Crippen LogP contribution in [-0.2, 0) is 14.3 Å². The molecular weight excluding hydrogens is 432 g/mol. The number of esters is 1. The topological polar surface area (TPSA) is 197 Å². The van der Waals surface area contributed by atoms with Crippen LogP contribution in [0.5, 0.6) is 0 Å². The summed E-state index contributed by atoms with van der Waals surface area (Å²) >= 11 is 0. The molecule has 0 aliphatic carbocycles. The number of nitrogens with zero attached hydrogens (tertiary/aromatic N) is 1. The van der Waals surface area contributed by atoms with Gasteiger partial charge in [0.2, 0.25) is 5.91 Å². The molecular formula is C21H24N6O6. The van der Waals surface area contributed by atoms with E-state index in [1.807, 2.05) is 0 Å². The predicted octanol–water partition coefficient (Wildman–Crippen LogP) is 0.626. The van der Waals surface area contributed by atoms with E-state index in [9.17, 15) is 24.3 Å². The molecule has 0 saturated carbocycles. The first kappa shape index (κ1) is 24.8. The molecule has 33 heavy (non-hydrogen) atoms. The molecule has 0 saturated heterocycles. The van der Waals surface area contributed by atoms with E-state index in [4.69, 9.17) is 15.9 Å². The second-order valence-corrected chi connectivity index (χ2v) is 6.74. The van der Waals surface area contributed by atoms with Gasteiger partial charge in [-0.25, -0.2) is 4.79 Å². The van der Waals surface area contributed by atoms with Crippen LogP contribution in [-0.4, -0.2) is 53.0 Å². The molecule has 12 nitrogen and oxygen atoms in total. The third-order valence-electron chi connectivity index (χ3n) is 4.23. The van der Waals surface area contributed by atoms with Crippen molar-refractivity contribution >= 4 is 35.4 Å². The second-order valence-electron chi connectivity index (χ2n) is 6.74. The molecule has 0 fully saturated rings. The number of carboxylic acid groups (broad SMARTS) is 1. The van der Waals surface area contributed by atoms with Gasteiger partial charge in [-0.1, -0.05) is 6.07 Å². The zero-order valence-corrected chi connectivity index (χ0v) is 17.8. The summed E-state index contributed by atoms with van der Waals surface area (Å²) in [7, 11) is 0. The summed E-state index contributed by atoms with van der Waals surface area (Å²) in [5.74, 6) is -3.54. The normalized spacial score (nSPS) is 11.1. The molecule has 1 unspecified atom stereocenters. The van der Waals surface area contributed by atoms with Gasteiger partial charge in [0.25, 0.3) is 5.91 Å². The van der Waals surface area contributed by atoms with Crippen LogP contribution in [0.25, 0.3) is 0 Å². The summed E-state index contributed by atoms with van der Waals surface area (Å²) in [5, 5.41) is 24.0. The number of pyridine rings is 1. The lowest BCUT2D eigenvalue weighted by atomic mass is 10.1. The molecule has 1 heterocycles. The van der Waals surface area contributed by atoms with Gasteiger partial charge in [0.15, 0.2) is 5.96 Å². The van der Waals surface area contributed by atoms with Gasteiger partial charge >= 0.3 is 11.9 Å². The Morgan fingerprint density at radius 3 is 2.55 bits per heavy atom. The van der Waals surface area contributed by atoms with Crippen molar-refractivity contribution < 1.29 is 29.0 Å². The second kappa shape index (κ2) is 11.8. The first-order chi connectivity index (χ1) is 15.7. The molecule has 1 aromatic carbocycles. The van der Waals surface area contributed by atoms with Crippen LogP contribution in [0.3, 0.4) is 0 Å². The number of aromatic nitrogens is 1. The molecule has 2 rings (SSSR count). The Morgan fingerprint density at radius 1 is 1.21 bits per heavy atom. The van der Waals surface area contributed by atoms with Crippen LogP contribution in [0, 0.1) is 5.41 Å². The Morgan fingerprint density at radius 2 is 1.94 bits per heavy atom. The van der Waals surface area contributed by atoms with E-state index in [0.29, 0.717) is 5.56 Å². The maximum Gasteiger partial charge on any atom is 0.335 e.